The third-order valence-corrected chi connectivity index (χ3v) is 5.25. The van der Waals surface area contributed by atoms with Gasteiger partial charge in [0.2, 0.25) is 0 Å². The van der Waals surface area contributed by atoms with Gasteiger partial charge < -0.3 is 10.4 Å². The van der Waals surface area contributed by atoms with Crippen LogP contribution < -0.4 is 5.32 Å². The Morgan fingerprint density at radius 2 is 1.76 bits per heavy atom. The van der Waals surface area contributed by atoms with Crippen LogP contribution in [0.25, 0.3) is 10.8 Å². The Kier molecular flexibility index (Phi) is 4.76. The highest BCUT2D eigenvalue weighted by atomic mass is 16.3. The van der Waals surface area contributed by atoms with Crippen LogP contribution in [0.15, 0.2) is 71.8 Å². The fraction of sp³-hybridized carbons (Fsp3) is 0.174. The molecule has 29 heavy (non-hydrogen) atoms. The van der Waals surface area contributed by atoms with E-state index >= 15 is 0 Å². The van der Waals surface area contributed by atoms with Gasteiger partial charge >= 0.3 is 6.03 Å². The zero-order chi connectivity index (χ0) is 20.4. The van der Waals surface area contributed by atoms with E-state index in [1.807, 2.05) is 54.6 Å². The molecule has 3 aromatic rings. The molecule has 3 aromatic carbocycles. The second kappa shape index (κ2) is 7.39. The zero-order valence-corrected chi connectivity index (χ0v) is 16.0. The number of phenols is 1. The monoisotopic (exact) mass is 387 g/mol. The fourth-order valence-electron chi connectivity index (χ4n) is 3.52. The van der Waals surface area contributed by atoms with Crippen LogP contribution in [0, 0.1) is 0 Å². The van der Waals surface area contributed by atoms with Gasteiger partial charge in [-0.2, -0.15) is 5.10 Å². The number of phenolic OH excluding ortho intramolecular Hbond substituents is 1. The van der Waals surface area contributed by atoms with E-state index in [0.29, 0.717) is 18.4 Å². The summed E-state index contributed by atoms with van der Waals surface area (Å²) in [5.74, 6) is -0.374. The van der Waals surface area contributed by atoms with Gasteiger partial charge in [0.05, 0.1) is 6.21 Å². The Balaban J connectivity index is 1.56. The lowest BCUT2D eigenvalue weighted by Crippen LogP contribution is -2.44. The van der Waals surface area contributed by atoms with Crippen LogP contribution in [0.4, 0.5) is 4.79 Å². The molecule has 1 atom stereocenters. The SMILES string of the molecule is C[C@@]1(CCc2ccccc2)NC(=O)N(/N=C/c2c(O)ccc3ccccc23)C1=O. The van der Waals surface area contributed by atoms with Gasteiger partial charge in [-0.15, -0.1) is 5.01 Å². The molecule has 6 nitrogen and oxygen atoms in total. The molecule has 0 spiro atoms. The Bertz CT molecular complexity index is 1110. The van der Waals surface area contributed by atoms with Crippen molar-refractivity contribution in [2.75, 3.05) is 0 Å². The number of aromatic hydroxyl groups is 1. The summed E-state index contributed by atoms with van der Waals surface area (Å²) in [6.07, 6.45) is 2.48. The van der Waals surface area contributed by atoms with Crippen molar-refractivity contribution < 1.29 is 14.7 Å². The van der Waals surface area contributed by atoms with Crippen molar-refractivity contribution in [1.82, 2.24) is 10.3 Å². The highest BCUT2D eigenvalue weighted by Crippen LogP contribution is 2.27. The Labute approximate surface area is 168 Å². The van der Waals surface area contributed by atoms with E-state index in [1.54, 1.807) is 19.1 Å². The maximum Gasteiger partial charge on any atom is 0.346 e. The van der Waals surface area contributed by atoms with Crippen molar-refractivity contribution >= 4 is 28.9 Å². The van der Waals surface area contributed by atoms with Crippen molar-refractivity contribution in [3.63, 3.8) is 0 Å². The first-order chi connectivity index (χ1) is 14.0. The van der Waals surface area contributed by atoms with E-state index in [0.717, 1.165) is 21.3 Å². The molecule has 1 aliphatic rings. The molecular weight excluding hydrogens is 366 g/mol. The number of carbonyl (C=O) groups excluding carboxylic acids is 2. The van der Waals surface area contributed by atoms with Crippen LogP contribution >= 0.6 is 0 Å². The predicted molar refractivity (Wildman–Crippen MR) is 112 cm³/mol. The summed E-state index contributed by atoms with van der Waals surface area (Å²) < 4.78 is 0. The van der Waals surface area contributed by atoms with Gasteiger partial charge in [-0.05, 0) is 42.2 Å². The highest BCUT2D eigenvalue weighted by molar-refractivity contribution is 6.08. The minimum Gasteiger partial charge on any atom is -0.507 e. The van der Waals surface area contributed by atoms with Gasteiger partial charge in [0.1, 0.15) is 11.3 Å². The number of benzene rings is 3. The number of carbonyl (C=O) groups is 2. The standard InChI is InChI=1S/C23H21N3O3/c1-23(14-13-16-7-3-2-4-8-16)21(28)26(22(29)25-23)24-15-19-18-10-6-5-9-17(18)11-12-20(19)27/h2-12,15,27H,13-14H2,1H3,(H,25,29)/b24-15+/t23-/m0/s1. The average Bonchev–Trinajstić information content (AvgIpc) is 2.95. The van der Waals surface area contributed by atoms with Crippen LogP contribution in [-0.2, 0) is 11.2 Å². The topological polar surface area (TPSA) is 82.0 Å². The summed E-state index contributed by atoms with van der Waals surface area (Å²) in [7, 11) is 0. The van der Waals surface area contributed by atoms with Crippen LogP contribution in [0.5, 0.6) is 5.75 Å². The number of nitrogens with zero attached hydrogens (tertiary/aromatic N) is 2. The van der Waals surface area contributed by atoms with Crippen LogP contribution in [0.3, 0.4) is 0 Å². The number of nitrogens with one attached hydrogen (secondary N) is 1. The van der Waals surface area contributed by atoms with Crippen molar-refractivity contribution in [3.8, 4) is 5.75 Å². The van der Waals surface area contributed by atoms with Crippen molar-refractivity contribution in [3.05, 3.63) is 77.9 Å². The molecule has 146 valence electrons. The quantitative estimate of drug-likeness (QED) is 0.516. The molecule has 1 saturated heterocycles. The summed E-state index contributed by atoms with van der Waals surface area (Å²) >= 11 is 0. The van der Waals surface area contributed by atoms with Gasteiger partial charge in [0, 0.05) is 5.56 Å². The van der Waals surface area contributed by atoms with Gasteiger partial charge in [-0.1, -0.05) is 60.7 Å². The molecule has 2 N–H and O–H groups in total. The van der Waals surface area contributed by atoms with Crippen molar-refractivity contribution in [1.29, 1.82) is 0 Å². The van der Waals surface area contributed by atoms with Gasteiger partial charge in [0.25, 0.3) is 5.91 Å². The van der Waals surface area contributed by atoms with Gasteiger partial charge in [-0.3, -0.25) is 4.79 Å². The van der Waals surface area contributed by atoms with Crippen LogP contribution in [0.2, 0.25) is 0 Å². The van der Waals surface area contributed by atoms with Crippen LogP contribution in [0.1, 0.15) is 24.5 Å². The molecule has 0 aromatic heterocycles. The maximum atomic E-state index is 12.9. The molecule has 0 bridgehead atoms. The summed E-state index contributed by atoms with van der Waals surface area (Å²) in [6, 6.07) is 20.1. The molecule has 3 amide bonds. The largest absolute Gasteiger partial charge is 0.507 e. The molecule has 1 aliphatic heterocycles. The molecule has 0 aliphatic carbocycles. The fourth-order valence-corrected chi connectivity index (χ4v) is 3.52. The van der Waals surface area contributed by atoms with E-state index in [2.05, 4.69) is 10.4 Å². The molecule has 1 heterocycles. The summed E-state index contributed by atoms with van der Waals surface area (Å²) in [4.78, 5) is 25.3. The molecular formula is C23H21N3O3. The number of amides is 3. The van der Waals surface area contributed by atoms with Gasteiger partial charge in [-0.25, -0.2) is 4.79 Å². The van der Waals surface area contributed by atoms with E-state index in [9.17, 15) is 14.7 Å². The number of hydrogen-bond donors (Lipinski definition) is 2. The van der Waals surface area contributed by atoms with Gasteiger partial charge in [0.15, 0.2) is 0 Å². The lowest BCUT2D eigenvalue weighted by molar-refractivity contribution is -0.130. The smallest absolute Gasteiger partial charge is 0.346 e. The summed E-state index contributed by atoms with van der Waals surface area (Å²) in [5.41, 5.74) is 0.533. The number of urea groups is 1. The summed E-state index contributed by atoms with van der Waals surface area (Å²) in [6.45, 7) is 1.71. The number of imide groups is 1. The third-order valence-electron chi connectivity index (χ3n) is 5.25. The Morgan fingerprint density at radius 1 is 1.03 bits per heavy atom. The second-order valence-electron chi connectivity index (χ2n) is 7.33. The van der Waals surface area contributed by atoms with E-state index in [-0.39, 0.29) is 5.75 Å². The molecule has 1 fully saturated rings. The minimum absolute atomic E-state index is 0.0337. The number of fused-ring (bicyclic) bond motifs is 1. The molecule has 4 rings (SSSR count). The molecule has 0 radical (unpaired) electrons. The first-order valence-electron chi connectivity index (χ1n) is 9.43. The second-order valence-corrected chi connectivity index (χ2v) is 7.33. The predicted octanol–water partition coefficient (Wildman–Crippen LogP) is 3.82. The molecule has 0 unspecified atom stereocenters. The molecule has 6 heteroatoms. The first-order valence-corrected chi connectivity index (χ1v) is 9.43. The number of rotatable bonds is 5. The summed E-state index contributed by atoms with van der Waals surface area (Å²) in [5, 5.41) is 19.6. The number of aryl methyl sites for hydroxylation is 1. The van der Waals surface area contributed by atoms with E-state index in [1.165, 1.54) is 6.21 Å². The normalized spacial score (nSPS) is 19.3. The minimum atomic E-state index is -1.02. The molecule has 0 saturated carbocycles. The van der Waals surface area contributed by atoms with Crippen LogP contribution in [-0.4, -0.2) is 33.8 Å². The Hall–Kier alpha value is -3.67. The Morgan fingerprint density at radius 3 is 2.55 bits per heavy atom. The lowest BCUT2D eigenvalue weighted by atomic mass is 9.93. The first kappa shape index (κ1) is 18.7. The van der Waals surface area contributed by atoms with Crippen molar-refractivity contribution in [2.45, 2.75) is 25.3 Å². The number of hydrazone groups is 1. The van der Waals surface area contributed by atoms with E-state index in [4.69, 9.17) is 0 Å². The highest BCUT2D eigenvalue weighted by Gasteiger charge is 2.47. The zero-order valence-electron chi connectivity index (χ0n) is 16.0. The lowest BCUT2D eigenvalue weighted by Gasteiger charge is -2.20. The maximum absolute atomic E-state index is 12.9. The third kappa shape index (κ3) is 3.57. The van der Waals surface area contributed by atoms with E-state index < -0.39 is 17.5 Å². The average molecular weight is 387 g/mol. The number of hydrogen-bond acceptors (Lipinski definition) is 4. The van der Waals surface area contributed by atoms with Crippen molar-refractivity contribution in [2.24, 2.45) is 5.10 Å².